The third-order valence-electron chi connectivity index (χ3n) is 3.58. The number of Topliss-reactive ketones (excluding diaryl/α,β-unsaturated/α-hetero) is 1. The van der Waals surface area contributed by atoms with Crippen molar-refractivity contribution in [2.75, 3.05) is 0 Å². The standard InChI is InChI=1S/C15H22F2O2/c1-10(2)8-11(3)15(16,17)14(19)7-5-12-4-6-13(18)9-12/h4,6,10-12H,5,7-9H2,1-3H3/t11-,12+/m0/s1. The van der Waals surface area contributed by atoms with Crippen molar-refractivity contribution in [2.24, 2.45) is 17.8 Å². The van der Waals surface area contributed by atoms with E-state index in [1.165, 1.54) is 13.0 Å². The Bertz CT molecular complexity index is 372. The van der Waals surface area contributed by atoms with E-state index in [1.54, 1.807) is 6.08 Å². The lowest BCUT2D eigenvalue weighted by molar-refractivity contribution is -0.151. The summed E-state index contributed by atoms with van der Waals surface area (Å²) in [6.45, 7) is 5.16. The molecule has 2 atom stereocenters. The second-order valence-corrected chi connectivity index (χ2v) is 5.91. The molecule has 0 bridgehead atoms. The van der Waals surface area contributed by atoms with Crippen LogP contribution in [-0.4, -0.2) is 17.5 Å². The Morgan fingerprint density at radius 3 is 2.53 bits per heavy atom. The van der Waals surface area contributed by atoms with Crippen LogP contribution in [0.1, 0.15) is 46.5 Å². The van der Waals surface area contributed by atoms with E-state index in [9.17, 15) is 18.4 Å². The Balaban J connectivity index is 2.47. The van der Waals surface area contributed by atoms with Crippen molar-refractivity contribution in [1.82, 2.24) is 0 Å². The number of alkyl halides is 2. The van der Waals surface area contributed by atoms with Gasteiger partial charge in [-0.3, -0.25) is 9.59 Å². The van der Waals surface area contributed by atoms with Crippen LogP contribution in [0.4, 0.5) is 8.78 Å². The van der Waals surface area contributed by atoms with Gasteiger partial charge in [0.15, 0.2) is 5.78 Å². The third kappa shape index (κ3) is 4.51. The summed E-state index contributed by atoms with van der Waals surface area (Å²) in [5.74, 6) is -5.07. The predicted octanol–water partition coefficient (Wildman–Crippen LogP) is 3.80. The van der Waals surface area contributed by atoms with Gasteiger partial charge in [0.1, 0.15) is 0 Å². The van der Waals surface area contributed by atoms with Crippen LogP contribution in [0.2, 0.25) is 0 Å². The van der Waals surface area contributed by atoms with E-state index in [1.807, 2.05) is 13.8 Å². The van der Waals surface area contributed by atoms with Gasteiger partial charge < -0.3 is 0 Å². The molecule has 0 N–H and O–H groups in total. The Morgan fingerprint density at radius 2 is 2.05 bits per heavy atom. The molecule has 0 aromatic rings. The van der Waals surface area contributed by atoms with Crippen molar-refractivity contribution in [2.45, 2.75) is 52.4 Å². The summed E-state index contributed by atoms with van der Waals surface area (Å²) < 4.78 is 27.8. The molecule has 0 aromatic heterocycles. The van der Waals surface area contributed by atoms with Crippen molar-refractivity contribution in [3.05, 3.63) is 12.2 Å². The fourth-order valence-electron chi connectivity index (χ4n) is 2.45. The lowest BCUT2D eigenvalue weighted by atomic mass is 9.88. The number of carbonyl (C=O) groups is 2. The maximum atomic E-state index is 13.9. The number of rotatable bonds is 7. The highest BCUT2D eigenvalue weighted by Crippen LogP contribution is 2.33. The molecular formula is C15H22F2O2. The van der Waals surface area contributed by atoms with Crippen LogP contribution in [-0.2, 0) is 9.59 Å². The zero-order valence-electron chi connectivity index (χ0n) is 11.8. The molecule has 0 spiro atoms. The van der Waals surface area contributed by atoms with Crippen molar-refractivity contribution in [3.63, 3.8) is 0 Å². The van der Waals surface area contributed by atoms with E-state index in [0.717, 1.165) is 0 Å². The maximum absolute atomic E-state index is 13.9. The molecule has 4 heteroatoms. The minimum atomic E-state index is -3.25. The number of hydrogen-bond acceptors (Lipinski definition) is 2. The summed E-state index contributed by atoms with van der Waals surface area (Å²) in [4.78, 5) is 22.7. The zero-order valence-corrected chi connectivity index (χ0v) is 11.8. The van der Waals surface area contributed by atoms with Gasteiger partial charge in [-0.2, -0.15) is 8.78 Å². The van der Waals surface area contributed by atoms with E-state index in [2.05, 4.69) is 0 Å². The van der Waals surface area contributed by atoms with Crippen molar-refractivity contribution in [3.8, 4) is 0 Å². The van der Waals surface area contributed by atoms with Gasteiger partial charge in [-0.15, -0.1) is 0 Å². The van der Waals surface area contributed by atoms with Crippen LogP contribution in [0.5, 0.6) is 0 Å². The Kier molecular flexibility index (Phi) is 5.39. The van der Waals surface area contributed by atoms with Crippen LogP contribution in [0, 0.1) is 17.8 Å². The first-order chi connectivity index (χ1) is 8.73. The van der Waals surface area contributed by atoms with E-state index in [-0.39, 0.29) is 24.0 Å². The Morgan fingerprint density at radius 1 is 1.42 bits per heavy atom. The summed E-state index contributed by atoms with van der Waals surface area (Å²) in [5, 5.41) is 0. The van der Waals surface area contributed by atoms with E-state index >= 15 is 0 Å². The lowest BCUT2D eigenvalue weighted by Gasteiger charge is -2.24. The normalized spacial score (nSPS) is 21.2. The van der Waals surface area contributed by atoms with Gasteiger partial charge in [0.25, 0.3) is 0 Å². The number of hydrogen-bond donors (Lipinski definition) is 0. The maximum Gasteiger partial charge on any atom is 0.307 e. The van der Waals surface area contributed by atoms with Gasteiger partial charge in [0.05, 0.1) is 0 Å². The molecule has 19 heavy (non-hydrogen) atoms. The van der Waals surface area contributed by atoms with E-state index in [0.29, 0.717) is 19.3 Å². The molecule has 1 aliphatic carbocycles. The molecule has 1 rings (SSSR count). The van der Waals surface area contributed by atoms with Crippen LogP contribution in [0.3, 0.4) is 0 Å². The molecule has 0 saturated carbocycles. The Hall–Kier alpha value is -1.06. The molecule has 0 aromatic carbocycles. The lowest BCUT2D eigenvalue weighted by Crippen LogP contribution is -2.36. The molecule has 0 saturated heterocycles. The topological polar surface area (TPSA) is 34.1 Å². The van der Waals surface area contributed by atoms with Crippen molar-refractivity contribution >= 4 is 11.6 Å². The minimum Gasteiger partial charge on any atom is -0.295 e. The molecule has 0 unspecified atom stereocenters. The van der Waals surface area contributed by atoms with Crippen molar-refractivity contribution < 1.29 is 18.4 Å². The quantitative estimate of drug-likeness (QED) is 0.706. The van der Waals surface area contributed by atoms with Gasteiger partial charge in [-0.25, -0.2) is 0 Å². The fraction of sp³-hybridized carbons (Fsp3) is 0.733. The highest BCUT2D eigenvalue weighted by Gasteiger charge is 2.43. The SMILES string of the molecule is CC(C)C[C@H](C)C(F)(F)C(=O)CC[C@H]1C=CC(=O)C1. The van der Waals surface area contributed by atoms with Crippen LogP contribution in [0.15, 0.2) is 12.2 Å². The zero-order chi connectivity index (χ0) is 14.6. The largest absolute Gasteiger partial charge is 0.307 e. The van der Waals surface area contributed by atoms with Gasteiger partial charge in [0.2, 0.25) is 5.78 Å². The summed E-state index contributed by atoms with van der Waals surface area (Å²) in [5.41, 5.74) is 0. The average Bonchev–Trinajstić information content (AvgIpc) is 2.70. The second kappa shape index (κ2) is 6.40. The molecule has 0 radical (unpaired) electrons. The monoisotopic (exact) mass is 272 g/mol. The van der Waals surface area contributed by atoms with Gasteiger partial charge in [-0.05, 0) is 30.8 Å². The van der Waals surface area contributed by atoms with Crippen LogP contribution < -0.4 is 0 Å². The molecule has 0 heterocycles. The number of ketones is 2. The van der Waals surface area contributed by atoms with E-state index in [4.69, 9.17) is 0 Å². The minimum absolute atomic E-state index is 0.0115. The summed E-state index contributed by atoms with van der Waals surface area (Å²) in [6.07, 6.45) is 4.05. The highest BCUT2D eigenvalue weighted by molar-refractivity contribution is 5.92. The van der Waals surface area contributed by atoms with Crippen molar-refractivity contribution in [1.29, 1.82) is 0 Å². The van der Waals surface area contributed by atoms with Crippen LogP contribution >= 0.6 is 0 Å². The van der Waals surface area contributed by atoms with Gasteiger partial charge in [0, 0.05) is 18.8 Å². The first-order valence-electron chi connectivity index (χ1n) is 6.85. The third-order valence-corrected chi connectivity index (χ3v) is 3.58. The second-order valence-electron chi connectivity index (χ2n) is 5.91. The highest BCUT2D eigenvalue weighted by atomic mass is 19.3. The molecule has 0 aliphatic heterocycles. The predicted molar refractivity (Wildman–Crippen MR) is 70.1 cm³/mol. The molecule has 1 aliphatic rings. The Labute approximate surface area is 113 Å². The fourth-order valence-corrected chi connectivity index (χ4v) is 2.45. The molecule has 2 nitrogen and oxygen atoms in total. The smallest absolute Gasteiger partial charge is 0.295 e. The average molecular weight is 272 g/mol. The summed E-state index contributed by atoms with van der Waals surface area (Å²) in [7, 11) is 0. The number of halogens is 2. The van der Waals surface area contributed by atoms with E-state index < -0.39 is 17.6 Å². The van der Waals surface area contributed by atoms with Crippen LogP contribution in [0.25, 0.3) is 0 Å². The molecule has 108 valence electrons. The first-order valence-corrected chi connectivity index (χ1v) is 6.85. The summed E-state index contributed by atoms with van der Waals surface area (Å²) in [6, 6.07) is 0. The molecule has 0 fully saturated rings. The molecular weight excluding hydrogens is 250 g/mol. The van der Waals surface area contributed by atoms with Gasteiger partial charge in [-0.1, -0.05) is 26.8 Å². The van der Waals surface area contributed by atoms with Gasteiger partial charge >= 0.3 is 5.92 Å². The first kappa shape index (κ1) is 16.0. The number of allylic oxidation sites excluding steroid dienone is 2. The number of carbonyl (C=O) groups excluding carboxylic acids is 2. The molecule has 0 amide bonds. The summed E-state index contributed by atoms with van der Waals surface area (Å²) >= 11 is 0.